The van der Waals surface area contributed by atoms with Gasteiger partial charge in [-0.25, -0.2) is 4.98 Å². The van der Waals surface area contributed by atoms with Crippen molar-refractivity contribution in [3.8, 4) is 11.5 Å². The van der Waals surface area contributed by atoms with E-state index in [0.717, 1.165) is 42.3 Å². The average Bonchev–Trinajstić information content (AvgIpc) is 2.98. The van der Waals surface area contributed by atoms with E-state index in [1.165, 1.54) is 0 Å². The Labute approximate surface area is 123 Å². The molecule has 0 amide bonds. The summed E-state index contributed by atoms with van der Waals surface area (Å²) < 4.78 is 11.5. The van der Waals surface area contributed by atoms with Gasteiger partial charge in [-0.2, -0.15) is 0 Å². The lowest BCUT2D eigenvalue weighted by atomic mass is 10.2. The van der Waals surface area contributed by atoms with Crippen LogP contribution in [0.15, 0.2) is 29.1 Å². The highest BCUT2D eigenvalue weighted by Gasteiger charge is 2.07. The predicted octanol–water partition coefficient (Wildman–Crippen LogP) is 3.23. The molecule has 0 atom stereocenters. The van der Waals surface area contributed by atoms with Gasteiger partial charge in [0.1, 0.15) is 18.1 Å². The van der Waals surface area contributed by atoms with Gasteiger partial charge in [0.2, 0.25) is 0 Å². The SMILES string of the molecule is CCCOc1ccc(CNC)c(OCc2cscn2)c1. The van der Waals surface area contributed by atoms with E-state index in [1.54, 1.807) is 11.3 Å². The minimum Gasteiger partial charge on any atom is -0.493 e. The minimum absolute atomic E-state index is 0.484. The fourth-order valence-corrected chi connectivity index (χ4v) is 2.32. The summed E-state index contributed by atoms with van der Waals surface area (Å²) in [5.41, 5.74) is 3.88. The first-order chi connectivity index (χ1) is 9.83. The van der Waals surface area contributed by atoms with Gasteiger partial charge in [-0.15, -0.1) is 11.3 Å². The lowest BCUT2D eigenvalue weighted by Gasteiger charge is -2.13. The maximum atomic E-state index is 5.88. The van der Waals surface area contributed by atoms with Crippen molar-refractivity contribution < 1.29 is 9.47 Å². The second kappa shape index (κ2) is 7.87. The summed E-state index contributed by atoms with van der Waals surface area (Å²) in [5, 5.41) is 5.14. The topological polar surface area (TPSA) is 43.4 Å². The summed E-state index contributed by atoms with van der Waals surface area (Å²) in [4.78, 5) is 4.23. The number of thiazole rings is 1. The summed E-state index contributed by atoms with van der Waals surface area (Å²) in [5.74, 6) is 1.70. The number of hydrogen-bond donors (Lipinski definition) is 1. The molecule has 4 nitrogen and oxygen atoms in total. The molecule has 1 N–H and O–H groups in total. The van der Waals surface area contributed by atoms with Crippen LogP contribution in [-0.4, -0.2) is 18.6 Å². The van der Waals surface area contributed by atoms with E-state index in [0.29, 0.717) is 6.61 Å². The molecule has 1 aromatic heterocycles. The quantitative estimate of drug-likeness (QED) is 0.811. The van der Waals surface area contributed by atoms with Crippen LogP contribution in [0.4, 0.5) is 0 Å². The highest BCUT2D eigenvalue weighted by Crippen LogP contribution is 2.26. The van der Waals surface area contributed by atoms with E-state index in [1.807, 2.05) is 36.1 Å². The van der Waals surface area contributed by atoms with Crippen molar-refractivity contribution in [1.29, 1.82) is 0 Å². The summed E-state index contributed by atoms with van der Waals surface area (Å²) in [7, 11) is 1.92. The first-order valence-corrected chi connectivity index (χ1v) is 7.68. The largest absolute Gasteiger partial charge is 0.493 e. The third-order valence-corrected chi connectivity index (χ3v) is 3.37. The van der Waals surface area contributed by atoms with Gasteiger partial charge < -0.3 is 14.8 Å². The van der Waals surface area contributed by atoms with Crippen molar-refractivity contribution in [3.63, 3.8) is 0 Å². The fourth-order valence-electron chi connectivity index (χ4n) is 1.78. The van der Waals surface area contributed by atoms with Crippen molar-refractivity contribution in [2.24, 2.45) is 0 Å². The molecule has 0 aliphatic heterocycles. The zero-order valence-electron chi connectivity index (χ0n) is 11.9. The van der Waals surface area contributed by atoms with Crippen molar-refractivity contribution in [1.82, 2.24) is 10.3 Å². The average molecular weight is 292 g/mol. The summed E-state index contributed by atoms with van der Waals surface area (Å²) in [6.45, 7) is 4.06. The highest BCUT2D eigenvalue weighted by atomic mass is 32.1. The summed E-state index contributed by atoms with van der Waals surface area (Å²) in [6.07, 6.45) is 0.993. The lowest BCUT2D eigenvalue weighted by Crippen LogP contribution is -2.08. The van der Waals surface area contributed by atoms with Crippen LogP contribution >= 0.6 is 11.3 Å². The summed E-state index contributed by atoms with van der Waals surface area (Å²) in [6, 6.07) is 5.98. The Morgan fingerprint density at radius 1 is 1.30 bits per heavy atom. The van der Waals surface area contributed by atoms with Crippen LogP contribution in [0.3, 0.4) is 0 Å². The molecule has 0 unspecified atom stereocenters. The molecule has 0 fully saturated rings. The smallest absolute Gasteiger partial charge is 0.131 e. The van der Waals surface area contributed by atoms with Crippen LogP contribution in [0.25, 0.3) is 0 Å². The van der Waals surface area contributed by atoms with Gasteiger partial charge in [0.05, 0.1) is 17.8 Å². The van der Waals surface area contributed by atoms with Crippen LogP contribution in [0.2, 0.25) is 0 Å². The number of nitrogens with one attached hydrogen (secondary N) is 1. The van der Waals surface area contributed by atoms with Crippen molar-refractivity contribution in [2.75, 3.05) is 13.7 Å². The van der Waals surface area contributed by atoms with E-state index in [-0.39, 0.29) is 0 Å². The molecule has 0 saturated heterocycles. The van der Waals surface area contributed by atoms with Crippen LogP contribution in [-0.2, 0) is 13.2 Å². The second-order valence-corrected chi connectivity index (χ2v) is 5.14. The number of aromatic nitrogens is 1. The zero-order chi connectivity index (χ0) is 14.2. The van der Waals surface area contributed by atoms with E-state index < -0.39 is 0 Å². The molecule has 0 aliphatic rings. The number of benzene rings is 1. The van der Waals surface area contributed by atoms with Crippen molar-refractivity contribution in [2.45, 2.75) is 26.5 Å². The van der Waals surface area contributed by atoms with Gasteiger partial charge in [-0.3, -0.25) is 0 Å². The molecule has 20 heavy (non-hydrogen) atoms. The van der Waals surface area contributed by atoms with Crippen molar-refractivity contribution >= 4 is 11.3 Å². The van der Waals surface area contributed by atoms with E-state index in [4.69, 9.17) is 9.47 Å². The maximum absolute atomic E-state index is 5.88. The molecule has 0 bridgehead atoms. The monoisotopic (exact) mass is 292 g/mol. The van der Waals surface area contributed by atoms with E-state index in [9.17, 15) is 0 Å². The van der Waals surface area contributed by atoms with Crippen LogP contribution in [0.5, 0.6) is 11.5 Å². The molecule has 0 saturated carbocycles. The molecule has 0 spiro atoms. The molecule has 5 heteroatoms. The van der Waals surface area contributed by atoms with E-state index >= 15 is 0 Å². The predicted molar refractivity (Wildman–Crippen MR) is 81.4 cm³/mol. The van der Waals surface area contributed by atoms with Gasteiger partial charge in [-0.05, 0) is 19.5 Å². The van der Waals surface area contributed by atoms with Crippen LogP contribution < -0.4 is 14.8 Å². The van der Waals surface area contributed by atoms with Gasteiger partial charge in [0.15, 0.2) is 0 Å². The highest BCUT2D eigenvalue weighted by molar-refractivity contribution is 7.07. The van der Waals surface area contributed by atoms with Gasteiger partial charge in [0, 0.05) is 23.6 Å². The van der Waals surface area contributed by atoms with Crippen molar-refractivity contribution in [3.05, 3.63) is 40.3 Å². The molecule has 108 valence electrons. The minimum atomic E-state index is 0.484. The molecular weight excluding hydrogens is 272 g/mol. The third kappa shape index (κ3) is 4.21. The molecule has 0 radical (unpaired) electrons. The molecule has 0 aliphatic carbocycles. The third-order valence-electron chi connectivity index (χ3n) is 2.74. The molecule has 2 rings (SSSR count). The lowest BCUT2D eigenvalue weighted by molar-refractivity contribution is 0.289. The Balaban J connectivity index is 2.08. The number of ether oxygens (including phenoxy) is 2. The molecule has 1 heterocycles. The number of hydrogen-bond acceptors (Lipinski definition) is 5. The normalized spacial score (nSPS) is 10.5. The molecule has 1 aromatic carbocycles. The van der Waals surface area contributed by atoms with E-state index in [2.05, 4.69) is 17.2 Å². The Kier molecular flexibility index (Phi) is 5.83. The van der Waals surface area contributed by atoms with Gasteiger partial charge >= 0.3 is 0 Å². The van der Waals surface area contributed by atoms with Crippen LogP contribution in [0.1, 0.15) is 24.6 Å². The molecule has 2 aromatic rings. The molecular formula is C15H20N2O2S. The number of rotatable bonds is 8. The number of nitrogens with zero attached hydrogens (tertiary/aromatic N) is 1. The zero-order valence-corrected chi connectivity index (χ0v) is 12.7. The first-order valence-electron chi connectivity index (χ1n) is 6.73. The Bertz CT molecular complexity index is 515. The second-order valence-electron chi connectivity index (χ2n) is 4.42. The Morgan fingerprint density at radius 2 is 2.20 bits per heavy atom. The standard InChI is InChI=1S/C15H20N2O2S/c1-3-6-18-14-5-4-12(8-16-2)15(7-14)19-9-13-10-20-11-17-13/h4-5,7,10-11,16H,3,6,8-9H2,1-2H3. The summed E-state index contributed by atoms with van der Waals surface area (Å²) >= 11 is 1.58. The Hall–Kier alpha value is -1.59. The van der Waals surface area contributed by atoms with Gasteiger partial charge in [0.25, 0.3) is 0 Å². The Morgan fingerprint density at radius 3 is 2.90 bits per heavy atom. The van der Waals surface area contributed by atoms with Gasteiger partial charge in [-0.1, -0.05) is 13.0 Å². The first kappa shape index (κ1) is 14.8. The maximum Gasteiger partial charge on any atom is 0.131 e. The fraction of sp³-hybridized carbons (Fsp3) is 0.400. The van der Waals surface area contributed by atoms with Crippen LogP contribution in [0, 0.1) is 0 Å².